The molecule has 0 saturated carbocycles. The van der Waals surface area contributed by atoms with E-state index in [1.165, 1.54) is 6.33 Å². The van der Waals surface area contributed by atoms with Crippen molar-refractivity contribution in [2.24, 2.45) is 17.3 Å². The third kappa shape index (κ3) is 6.79. The van der Waals surface area contributed by atoms with E-state index in [2.05, 4.69) is 20.4 Å². The molecule has 3 aromatic rings. The van der Waals surface area contributed by atoms with Crippen molar-refractivity contribution in [2.75, 3.05) is 12.3 Å². The number of nitrogens with one attached hydrogen (secondary N) is 1. The van der Waals surface area contributed by atoms with Crippen LogP contribution in [0.25, 0.3) is 11.2 Å². The fourth-order valence-electron chi connectivity index (χ4n) is 4.02. The Kier molecular flexibility index (Phi) is 8.67. The number of allylic oxidation sites excluding steroid dienone is 1. The van der Waals surface area contributed by atoms with Gasteiger partial charge in [0.25, 0.3) is 0 Å². The van der Waals surface area contributed by atoms with Crippen molar-refractivity contribution < 1.29 is 23.2 Å². The monoisotopic (exact) mass is 529 g/mol. The smallest absolute Gasteiger partial charge is 0.382 e. The van der Waals surface area contributed by atoms with Crippen LogP contribution in [-0.2, 0) is 29.9 Å². The minimum atomic E-state index is -4.16. The number of hydroxylamine groups is 1. The summed E-state index contributed by atoms with van der Waals surface area (Å²) in [6.07, 6.45) is 8.25. The first-order chi connectivity index (χ1) is 17.8. The number of aromatic nitrogens is 4. The van der Waals surface area contributed by atoms with Gasteiger partial charge >= 0.3 is 13.7 Å². The summed E-state index contributed by atoms with van der Waals surface area (Å²) >= 11 is 0. The molecule has 2 heterocycles. The molecule has 0 saturated heterocycles. The van der Waals surface area contributed by atoms with Gasteiger partial charge in [0.15, 0.2) is 11.5 Å². The topological polar surface area (TPSA) is 170 Å². The van der Waals surface area contributed by atoms with E-state index in [4.69, 9.17) is 25.1 Å². The standard InChI is InChI=1S/C24H32N7O5P/c1-3-16(2)20(30-34-12-17-7-5-4-6-8-17)24(32)36-37(26,33)35-13-18-9-10-19(11-18)31-15-29-21-22(25)27-14-28-23(21)31/h4-10,14-16,18-20,30H,3,11-13H2,1-2H3,(H2,26,33)(H2,25,27,28)/t16-,18-,19+,20-,37?/m0/s1. The van der Waals surface area contributed by atoms with Crippen molar-refractivity contribution in [1.82, 2.24) is 25.0 Å². The fourth-order valence-corrected chi connectivity index (χ4v) is 4.84. The van der Waals surface area contributed by atoms with E-state index >= 15 is 0 Å². The molecule has 198 valence electrons. The normalized spacial score (nSPS) is 20.5. The Hall–Kier alpha value is -3.15. The van der Waals surface area contributed by atoms with Crippen LogP contribution in [0.4, 0.5) is 5.82 Å². The van der Waals surface area contributed by atoms with Crippen LogP contribution in [0.2, 0.25) is 0 Å². The number of nitrogens with two attached hydrogens (primary N) is 2. The van der Waals surface area contributed by atoms with Gasteiger partial charge < -0.3 is 14.8 Å². The lowest BCUT2D eigenvalue weighted by molar-refractivity contribution is -0.144. The zero-order valence-electron chi connectivity index (χ0n) is 20.8. The molecule has 1 aliphatic carbocycles. The average molecular weight is 530 g/mol. The van der Waals surface area contributed by atoms with Crippen molar-refractivity contribution in [3.8, 4) is 0 Å². The van der Waals surface area contributed by atoms with Crippen LogP contribution in [0, 0.1) is 11.8 Å². The number of fused-ring (bicyclic) bond motifs is 1. The highest BCUT2D eigenvalue weighted by molar-refractivity contribution is 7.51. The number of nitrogens with zero attached hydrogens (tertiary/aromatic N) is 4. The lowest BCUT2D eigenvalue weighted by atomic mass is 10.0. The summed E-state index contributed by atoms with van der Waals surface area (Å²) in [5.41, 5.74) is 16.5. The molecule has 0 bridgehead atoms. The quantitative estimate of drug-likeness (QED) is 0.179. The molecule has 0 radical (unpaired) electrons. The maximum Gasteiger partial charge on any atom is 0.458 e. The summed E-state index contributed by atoms with van der Waals surface area (Å²) in [7, 11) is -4.16. The molecule has 1 aliphatic rings. The predicted molar refractivity (Wildman–Crippen MR) is 137 cm³/mol. The molecule has 1 aromatic carbocycles. The second-order valence-corrected chi connectivity index (χ2v) is 10.6. The minimum Gasteiger partial charge on any atom is -0.382 e. The van der Waals surface area contributed by atoms with E-state index in [1.807, 2.05) is 60.9 Å². The Balaban J connectivity index is 1.29. The number of nitrogen functional groups attached to an aromatic ring is 1. The molecule has 1 unspecified atom stereocenters. The number of imidazole rings is 1. The molecule has 37 heavy (non-hydrogen) atoms. The predicted octanol–water partition coefficient (Wildman–Crippen LogP) is 3.29. The summed E-state index contributed by atoms with van der Waals surface area (Å²) in [4.78, 5) is 30.8. The largest absolute Gasteiger partial charge is 0.458 e. The molecule has 0 amide bonds. The number of hydrogen-bond donors (Lipinski definition) is 3. The molecular weight excluding hydrogens is 497 g/mol. The molecule has 13 heteroatoms. The van der Waals surface area contributed by atoms with Gasteiger partial charge in [-0.1, -0.05) is 62.8 Å². The van der Waals surface area contributed by atoms with Gasteiger partial charge in [0.2, 0.25) is 0 Å². The van der Waals surface area contributed by atoms with E-state index in [1.54, 1.807) is 6.33 Å². The van der Waals surface area contributed by atoms with E-state index in [9.17, 15) is 9.36 Å². The average Bonchev–Trinajstić information content (AvgIpc) is 3.53. The first kappa shape index (κ1) is 26.9. The lowest BCUT2D eigenvalue weighted by Crippen LogP contribution is -2.42. The molecule has 0 fully saturated rings. The number of carbonyl (C=O) groups is 1. The summed E-state index contributed by atoms with van der Waals surface area (Å²) in [5, 5.41) is 0. The highest BCUT2D eigenvalue weighted by Gasteiger charge is 2.33. The Morgan fingerprint density at radius 3 is 2.78 bits per heavy atom. The maximum atomic E-state index is 12.8. The molecule has 2 aromatic heterocycles. The molecular formula is C24H32N7O5P. The van der Waals surface area contributed by atoms with Crippen LogP contribution in [0.15, 0.2) is 55.1 Å². The first-order valence-corrected chi connectivity index (χ1v) is 13.7. The van der Waals surface area contributed by atoms with E-state index in [0.717, 1.165) is 5.56 Å². The maximum absolute atomic E-state index is 12.8. The van der Waals surface area contributed by atoms with Gasteiger partial charge in [0.05, 0.1) is 25.6 Å². The highest BCUT2D eigenvalue weighted by Crippen LogP contribution is 2.42. The van der Waals surface area contributed by atoms with Crippen LogP contribution in [-0.4, -0.2) is 38.1 Å². The Morgan fingerprint density at radius 1 is 1.24 bits per heavy atom. The first-order valence-electron chi connectivity index (χ1n) is 12.1. The van der Waals surface area contributed by atoms with Crippen molar-refractivity contribution in [3.05, 3.63) is 60.7 Å². The number of anilines is 1. The zero-order chi connectivity index (χ0) is 26.4. The highest BCUT2D eigenvalue weighted by atomic mass is 31.2. The van der Waals surface area contributed by atoms with Crippen LogP contribution in [0.3, 0.4) is 0 Å². The number of hydrogen-bond acceptors (Lipinski definition) is 10. The van der Waals surface area contributed by atoms with Gasteiger partial charge in [-0.25, -0.2) is 29.8 Å². The van der Waals surface area contributed by atoms with Crippen molar-refractivity contribution in [1.29, 1.82) is 0 Å². The van der Waals surface area contributed by atoms with Crippen molar-refractivity contribution >= 4 is 30.7 Å². The Labute approximate surface area is 215 Å². The SMILES string of the molecule is CC[C@H](C)[C@H](NOCc1ccccc1)C(=O)OP(N)(=O)OC[C@H]1C=C[C@@H](n2cnc3c(N)ncnc32)C1. The zero-order valence-corrected chi connectivity index (χ0v) is 21.7. The van der Waals surface area contributed by atoms with Gasteiger partial charge in [-0.2, -0.15) is 5.48 Å². The van der Waals surface area contributed by atoms with Crippen LogP contribution >= 0.6 is 7.75 Å². The van der Waals surface area contributed by atoms with Gasteiger partial charge in [0.1, 0.15) is 17.9 Å². The molecule has 4 rings (SSSR count). The molecule has 12 nitrogen and oxygen atoms in total. The molecule has 0 spiro atoms. The Morgan fingerprint density at radius 2 is 2.03 bits per heavy atom. The van der Waals surface area contributed by atoms with Gasteiger partial charge in [-0.3, -0.25) is 9.36 Å². The molecule has 5 atom stereocenters. The third-order valence-electron chi connectivity index (χ3n) is 6.34. The van der Waals surface area contributed by atoms with E-state index in [-0.39, 0.29) is 31.1 Å². The summed E-state index contributed by atoms with van der Waals surface area (Å²) in [6.45, 7) is 4.05. The van der Waals surface area contributed by atoms with Gasteiger partial charge in [-0.05, 0) is 17.9 Å². The van der Waals surface area contributed by atoms with Crippen LogP contribution < -0.4 is 16.7 Å². The van der Waals surface area contributed by atoms with Gasteiger partial charge in [0, 0.05) is 5.92 Å². The second-order valence-electron chi connectivity index (χ2n) is 9.03. The van der Waals surface area contributed by atoms with Crippen LogP contribution in [0.1, 0.15) is 38.3 Å². The van der Waals surface area contributed by atoms with Gasteiger partial charge in [-0.15, -0.1) is 0 Å². The fraction of sp³-hybridized carbons (Fsp3) is 0.417. The molecule has 0 aliphatic heterocycles. The number of rotatable bonds is 12. The van der Waals surface area contributed by atoms with Crippen molar-refractivity contribution in [3.63, 3.8) is 0 Å². The number of benzene rings is 1. The lowest BCUT2D eigenvalue weighted by Gasteiger charge is -2.24. The summed E-state index contributed by atoms with van der Waals surface area (Å²) in [6, 6.07) is 8.58. The Bertz CT molecular complexity index is 1280. The van der Waals surface area contributed by atoms with Crippen LogP contribution in [0.5, 0.6) is 0 Å². The molecule has 5 N–H and O–H groups in total. The number of carbonyl (C=O) groups excluding carboxylic acids is 1. The van der Waals surface area contributed by atoms with E-state index in [0.29, 0.717) is 29.8 Å². The second kappa shape index (κ2) is 11.9. The summed E-state index contributed by atoms with van der Waals surface area (Å²) in [5.74, 6) is -0.748. The third-order valence-corrected chi connectivity index (χ3v) is 7.28. The summed E-state index contributed by atoms with van der Waals surface area (Å²) < 4.78 is 25.2. The van der Waals surface area contributed by atoms with Crippen molar-refractivity contribution in [2.45, 2.75) is 45.4 Å². The minimum absolute atomic E-state index is 0.0176. The van der Waals surface area contributed by atoms with E-state index < -0.39 is 19.8 Å².